The largest absolute Gasteiger partial charge is 0.497 e. The van der Waals surface area contributed by atoms with E-state index in [2.05, 4.69) is 5.32 Å². The van der Waals surface area contributed by atoms with Crippen LogP contribution >= 0.6 is 11.3 Å². The molecule has 1 saturated heterocycles. The van der Waals surface area contributed by atoms with E-state index in [0.29, 0.717) is 21.9 Å². The monoisotopic (exact) mass is 492 g/mol. The maximum absolute atomic E-state index is 13.0. The fourth-order valence-electron chi connectivity index (χ4n) is 4.04. The lowest BCUT2D eigenvalue weighted by Gasteiger charge is -2.17. The summed E-state index contributed by atoms with van der Waals surface area (Å²) in [4.78, 5) is 40.3. The van der Waals surface area contributed by atoms with Crippen LogP contribution in [0.25, 0.3) is 0 Å². The number of hydrogen-bond donors (Lipinski definition) is 1. The van der Waals surface area contributed by atoms with Crippen molar-refractivity contribution in [2.45, 2.75) is 25.5 Å². The first-order valence-corrected chi connectivity index (χ1v) is 13.1. The number of nitrogens with one attached hydrogen (secondary N) is 1. The first-order valence-electron chi connectivity index (χ1n) is 10.5. The summed E-state index contributed by atoms with van der Waals surface area (Å²) in [5.41, 5.74) is 1.50. The number of amides is 2. The molecule has 2 amide bonds. The van der Waals surface area contributed by atoms with Crippen LogP contribution in [0.1, 0.15) is 34.1 Å². The molecule has 1 aromatic carbocycles. The minimum absolute atomic E-state index is 0.0338. The fourth-order valence-corrected chi connectivity index (χ4v) is 7.08. The number of rotatable bonds is 6. The Kier molecular flexibility index (Phi) is 6.44. The quantitative estimate of drug-likeness (QED) is 0.615. The van der Waals surface area contributed by atoms with E-state index in [-0.39, 0.29) is 54.0 Å². The molecule has 1 unspecified atom stereocenters. The van der Waals surface area contributed by atoms with Gasteiger partial charge >= 0.3 is 5.97 Å². The van der Waals surface area contributed by atoms with Gasteiger partial charge in [-0.25, -0.2) is 13.2 Å². The van der Waals surface area contributed by atoms with E-state index in [1.807, 2.05) is 0 Å². The van der Waals surface area contributed by atoms with Crippen molar-refractivity contribution in [2.24, 2.45) is 5.92 Å². The molecule has 1 atom stereocenters. The maximum Gasteiger partial charge on any atom is 0.341 e. The first-order chi connectivity index (χ1) is 15.7. The van der Waals surface area contributed by atoms with E-state index >= 15 is 0 Å². The van der Waals surface area contributed by atoms with Gasteiger partial charge in [0.25, 0.3) is 0 Å². The summed E-state index contributed by atoms with van der Waals surface area (Å²) < 4.78 is 34.4. The van der Waals surface area contributed by atoms with Gasteiger partial charge in [0.1, 0.15) is 10.8 Å². The third-order valence-corrected chi connectivity index (χ3v) is 8.59. The van der Waals surface area contributed by atoms with Gasteiger partial charge in [0.05, 0.1) is 36.7 Å². The number of carbonyl (C=O) groups excluding carboxylic acids is 3. The zero-order valence-corrected chi connectivity index (χ0v) is 19.9. The van der Waals surface area contributed by atoms with Crippen LogP contribution in [0, 0.1) is 5.92 Å². The van der Waals surface area contributed by atoms with E-state index in [4.69, 9.17) is 9.47 Å². The van der Waals surface area contributed by atoms with Gasteiger partial charge in [0.2, 0.25) is 11.8 Å². The van der Waals surface area contributed by atoms with Gasteiger partial charge in [-0.05, 0) is 43.2 Å². The Morgan fingerprint density at radius 2 is 1.97 bits per heavy atom. The Labute approximate surface area is 195 Å². The Balaban J connectivity index is 1.55. The molecule has 33 heavy (non-hydrogen) atoms. The number of anilines is 2. The highest BCUT2D eigenvalue weighted by Crippen LogP contribution is 2.39. The number of hydrogen-bond acceptors (Lipinski definition) is 8. The highest BCUT2D eigenvalue weighted by atomic mass is 32.2. The molecule has 1 fully saturated rings. The summed E-state index contributed by atoms with van der Waals surface area (Å²) in [6.07, 6.45) is 0.234. The lowest BCUT2D eigenvalue weighted by molar-refractivity contribution is -0.122. The molecule has 0 bridgehead atoms. The fraction of sp³-hybridized carbons (Fsp3) is 0.409. The predicted molar refractivity (Wildman–Crippen MR) is 124 cm³/mol. The molecular formula is C22H24N2O7S2. The number of nitrogens with zero attached hydrogens (tertiary/aromatic N) is 1. The Morgan fingerprint density at radius 1 is 1.24 bits per heavy atom. The van der Waals surface area contributed by atoms with E-state index in [9.17, 15) is 22.8 Å². The minimum Gasteiger partial charge on any atom is -0.497 e. The summed E-state index contributed by atoms with van der Waals surface area (Å²) in [6, 6.07) is 6.99. The standard InChI is InChI=1S/C22H24N2O7S2/c1-3-31-22(27)19-16-8-9-33(28,29)12-17(16)32-21(19)23-20(26)13-10-18(25)24(11-13)14-4-6-15(30-2)7-5-14/h4-7,13H,3,8-12H2,1-2H3,(H,23,26). The third-order valence-electron chi connectivity index (χ3n) is 5.70. The molecule has 0 aliphatic carbocycles. The summed E-state index contributed by atoms with van der Waals surface area (Å²) >= 11 is 1.08. The number of carbonyl (C=O) groups is 3. The molecule has 4 rings (SSSR count). The molecule has 3 heterocycles. The van der Waals surface area contributed by atoms with Gasteiger partial charge in [-0.2, -0.15) is 0 Å². The molecule has 0 saturated carbocycles. The summed E-state index contributed by atoms with van der Waals surface area (Å²) in [5, 5.41) is 3.05. The summed E-state index contributed by atoms with van der Waals surface area (Å²) in [6.45, 7) is 2.03. The molecule has 2 aliphatic heterocycles. The van der Waals surface area contributed by atoms with Gasteiger partial charge in [-0.15, -0.1) is 11.3 Å². The van der Waals surface area contributed by atoms with E-state index < -0.39 is 27.6 Å². The average molecular weight is 493 g/mol. The summed E-state index contributed by atoms with van der Waals surface area (Å²) in [5.74, 6) is -1.33. The number of fused-ring (bicyclic) bond motifs is 1. The number of thiophene rings is 1. The second-order valence-corrected chi connectivity index (χ2v) is 11.2. The van der Waals surface area contributed by atoms with Crippen LogP contribution in [-0.2, 0) is 36.3 Å². The van der Waals surface area contributed by atoms with E-state index in [1.165, 1.54) is 0 Å². The first kappa shape index (κ1) is 23.2. The van der Waals surface area contributed by atoms with Gasteiger partial charge in [-0.1, -0.05) is 0 Å². The van der Waals surface area contributed by atoms with Gasteiger partial charge < -0.3 is 19.7 Å². The van der Waals surface area contributed by atoms with Crippen molar-refractivity contribution >= 4 is 49.6 Å². The second kappa shape index (κ2) is 9.14. The van der Waals surface area contributed by atoms with Gasteiger partial charge in [0, 0.05) is 23.5 Å². The minimum atomic E-state index is -3.25. The maximum atomic E-state index is 13.0. The molecule has 9 nitrogen and oxygen atoms in total. The lowest BCUT2D eigenvalue weighted by Crippen LogP contribution is -2.28. The SMILES string of the molecule is CCOC(=O)c1c(NC(=O)C2CC(=O)N(c3ccc(OC)cc3)C2)sc2c1CCS(=O)(=O)C2. The number of esters is 1. The average Bonchev–Trinajstić information content (AvgIpc) is 3.33. The van der Waals surface area contributed by atoms with Crippen LogP contribution in [-0.4, -0.2) is 52.2 Å². The van der Waals surface area contributed by atoms with Crippen molar-refractivity contribution in [2.75, 3.05) is 36.2 Å². The van der Waals surface area contributed by atoms with Crippen LogP contribution in [0.2, 0.25) is 0 Å². The number of methoxy groups -OCH3 is 1. The second-order valence-electron chi connectivity index (χ2n) is 7.86. The highest BCUT2D eigenvalue weighted by Gasteiger charge is 2.37. The van der Waals surface area contributed by atoms with Crippen LogP contribution in [0.4, 0.5) is 10.7 Å². The van der Waals surface area contributed by atoms with Crippen LogP contribution in [0.5, 0.6) is 5.75 Å². The molecule has 1 aromatic heterocycles. The molecule has 2 aliphatic rings. The Morgan fingerprint density at radius 3 is 2.64 bits per heavy atom. The number of ether oxygens (including phenoxy) is 2. The van der Waals surface area contributed by atoms with E-state index in [1.54, 1.807) is 43.2 Å². The van der Waals surface area contributed by atoms with Crippen molar-refractivity contribution in [1.82, 2.24) is 0 Å². The smallest absolute Gasteiger partial charge is 0.341 e. The lowest BCUT2D eigenvalue weighted by atomic mass is 10.1. The van der Waals surface area contributed by atoms with Gasteiger partial charge in [-0.3, -0.25) is 9.59 Å². The zero-order valence-electron chi connectivity index (χ0n) is 18.3. The van der Waals surface area contributed by atoms with Crippen molar-refractivity contribution in [3.05, 3.63) is 40.3 Å². The molecular weight excluding hydrogens is 468 g/mol. The Bertz CT molecular complexity index is 1200. The van der Waals surface area contributed by atoms with E-state index in [0.717, 1.165) is 11.3 Å². The van der Waals surface area contributed by atoms with Crippen LogP contribution in [0.3, 0.4) is 0 Å². The predicted octanol–water partition coefficient (Wildman–Crippen LogP) is 2.40. The molecule has 1 N–H and O–H groups in total. The molecule has 0 spiro atoms. The van der Waals surface area contributed by atoms with Crippen LogP contribution < -0.4 is 15.0 Å². The number of benzene rings is 1. The van der Waals surface area contributed by atoms with Crippen molar-refractivity contribution in [3.63, 3.8) is 0 Å². The van der Waals surface area contributed by atoms with Crippen molar-refractivity contribution < 1.29 is 32.3 Å². The molecule has 0 radical (unpaired) electrons. The van der Waals surface area contributed by atoms with Crippen molar-refractivity contribution in [3.8, 4) is 5.75 Å². The van der Waals surface area contributed by atoms with Gasteiger partial charge in [0.15, 0.2) is 9.84 Å². The number of sulfone groups is 1. The molecule has 2 aromatic rings. The molecule has 176 valence electrons. The normalized spacial score (nSPS) is 19.2. The third kappa shape index (κ3) is 4.74. The highest BCUT2D eigenvalue weighted by molar-refractivity contribution is 7.90. The zero-order chi connectivity index (χ0) is 23.8. The van der Waals surface area contributed by atoms with Crippen molar-refractivity contribution in [1.29, 1.82) is 0 Å². The molecule has 11 heteroatoms. The Hall–Kier alpha value is -2.92. The van der Waals surface area contributed by atoms with Crippen LogP contribution in [0.15, 0.2) is 24.3 Å². The topological polar surface area (TPSA) is 119 Å². The summed E-state index contributed by atoms with van der Waals surface area (Å²) in [7, 11) is -1.69.